The van der Waals surface area contributed by atoms with Crippen LogP contribution in [-0.2, 0) is 41.9 Å². The van der Waals surface area contributed by atoms with Crippen LogP contribution in [0.15, 0.2) is 29.1 Å². The van der Waals surface area contributed by atoms with Gasteiger partial charge in [-0.1, -0.05) is 18.2 Å². The lowest BCUT2D eigenvalue weighted by atomic mass is 9.97. The molecule has 0 unspecified atom stereocenters. The third-order valence-corrected chi connectivity index (χ3v) is 8.29. The van der Waals surface area contributed by atoms with Crippen molar-refractivity contribution in [1.82, 2.24) is 14.5 Å². The molecule has 1 aliphatic carbocycles. The van der Waals surface area contributed by atoms with Crippen molar-refractivity contribution >= 4 is 33.1 Å². The highest BCUT2D eigenvalue weighted by Crippen LogP contribution is 2.34. The van der Waals surface area contributed by atoms with Gasteiger partial charge in [-0.15, -0.1) is 11.3 Å². The minimum absolute atomic E-state index is 0.0282. The molecule has 1 aromatic carbocycles. The number of aromatic nitrogens is 2. The first kappa shape index (κ1) is 21.0. The van der Waals surface area contributed by atoms with E-state index in [1.165, 1.54) is 22.4 Å². The maximum absolute atomic E-state index is 13.8. The monoisotopic (exact) mass is 464 g/mol. The third kappa shape index (κ3) is 3.80. The van der Waals surface area contributed by atoms with Gasteiger partial charge in [0.2, 0.25) is 5.91 Å². The second kappa shape index (κ2) is 8.66. The molecule has 0 N–H and O–H groups in total. The molecule has 0 spiro atoms. The average molecular weight is 465 g/mol. The molecule has 1 fully saturated rings. The van der Waals surface area contributed by atoms with E-state index in [-0.39, 0.29) is 18.0 Å². The Bertz CT molecular complexity index is 1270. The number of amides is 1. The molecular weight excluding hydrogens is 436 g/mol. The number of anilines is 1. The van der Waals surface area contributed by atoms with Crippen LogP contribution in [0.5, 0.6) is 0 Å². The maximum Gasteiger partial charge on any atom is 0.263 e. The lowest BCUT2D eigenvalue weighted by Gasteiger charge is -2.27. The second-order valence-electron chi connectivity index (χ2n) is 9.12. The summed E-state index contributed by atoms with van der Waals surface area (Å²) in [4.78, 5) is 38.5. The number of carbonyl (C=O) groups is 1. The number of thiophene rings is 1. The molecule has 172 valence electrons. The Labute approximate surface area is 196 Å². The van der Waals surface area contributed by atoms with Crippen LogP contribution in [0.1, 0.15) is 34.7 Å². The molecule has 2 aromatic heterocycles. The number of morpholine rings is 1. The molecule has 0 atom stereocenters. The SMILES string of the molecule is O=C(Cn1c(CN2CCOCC2)nc2sc3c(c2c1=O)CCCC3)N1CCc2ccccc21. The lowest BCUT2D eigenvalue weighted by Crippen LogP contribution is -2.40. The highest BCUT2D eigenvalue weighted by molar-refractivity contribution is 7.18. The first-order valence-corrected chi connectivity index (χ1v) is 12.7. The Kier molecular flexibility index (Phi) is 5.52. The molecule has 3 aromatic rings. The Morgan fingerprint density at radius 3 is 2.76 bits per heavy atom. The van der Waals surface area contributed by atoms with Crippen molar-refractivity contribution in [2.24, 2.45) is 0 Å². The highest BCUT2D eigenvalue weighted by atomic mass is 32.1. The summed E-state index contributed by atoms with van der Waals surface area (Å²) in [6, 6.07) is 8.04. The van der Waals surface area contributed by atoms with E-state index in [2.05, 4.69) is 11.0 Å². The van der Waals surface area contributed by atoms with E-state index >= 15 is 0 Å². The van der Waals surface area contributed by atoms with Crippen LogP contribution in [-0.4, -0.2) is 53.2 Å². The smallest absolute Gasteiger partial charge is 0.263 e. The first-order chi connectivity index (χ1) is 16.2. The number of carbonyl (C=O) groups excluding carboxylic acids is 1. The summed E-state index contributed by atoms with van der Waals surface area (Å²) in [6.45, 7) is 4.23. The summed E-state index contributed by atoms with van der Waals surface area (Å²) in [5.74, 6) is 0.643. The van der Waals surface area contributed by atoms with Crippen molar-refractivity contribution in [1.29, 1.82) is 0 Å². The Morgan fingerprint density at radius 1 is 1.06 bits per heavy atom. The van der Waals surface area contributed by atoms with Gasteiger partial charge in [0.05, 0.1) is 25.1 Å². The summed E-state index contributed by atoms with van der Waals surface area (Å²) in [5, 5.41) is 0.745. The van der Waals surface area contributed by atoms with E-state index < -0.39 is 0 Å². The minimum Gasteiger partial charge on any atom is -0.379 e. The fourth-order valence-electron chi connectivity index (χ4n) is 5.34. The Balaban J connectivity index is 1.40. The maximum atomic E-state index is 13.8. The van der Waals surface area contributed by atoms with Crippen LogP contribution in [0.4, 0.5) is 5.69 Å². The molecule has 4 heterocycles. The molecule has 33 heavy (non-hydrogen) atoms. The molecule has 1 amide bonds. The standard InChI is InChI=1S/C25H28N4O3S/c30-22(28-10-9-17-5-1-3-7-19(17)28)16-29-21(15-27-11-13-32-14-12-27)26-24-23(25(29)31)18-6-2-4-8-20(18)33-24/h1,3,5,7H,2,4,6,8-16H2. The van der Waals surface area contributed by atoms with Gasteiger partial charge in [0, 0.05) is 30.2 Å². The Morgan fingerprint density at radius 2 is 1.88 bits per heavy atom. The van der Waals surface area contributed by atoms with Crippen molar-refractivity contribution in [2.75, 3.05) is 37.7 Å². The predicted molar refractivity (Wildman–Crippen MR) is 129 cm³/mol. The fourth-order valence-corrected chi connectivity index (χ4v) is 6.61. The van der Waals surface area contributed by atoms with E-state index in [1.54, 1.807) is 15.9 Å². The molecule has 0 saturated carbocycles. The van der Waals surface area contributed by atoms with Crippen molar-refractivity contribution in [3.8, 4) is 0 Å². The minimum atomic E-state index is -0.0523. The number of hydrogen-bond acceptors (Lipinski definition) is 6. The number of fused-ring (bicyclic) bond motifs is 4. The van der Waals surface area contributed by atoms with Crippen LogP contribution in [0.25, 0.3) is 10.2 Å². The van der Waals surface area contributed by atoms with E-state index in [9.17, 15) is 9.59 Å². The van der Waals surface area contributed by atoms with Crippen LogP contribution in [0, 0.1) is 0 Å². The first-order valence-electron chi connectivity index (χ1n) is 11.9. The van der Waals surface area contributed by atoms with Gasteiger partial charge in [0.25, 0.3) is 5.56 Å². The molecule has 0 radical (unpaired) electrons. The van der Waals surface area contributed by atoms with Crippen LogP contribution < -0.4 is 10.5 Å². The summed E-state index contributed by atoms with van der Waals surface area (Å²) >= 11 is 1.67. The highest BCUT2D eigenvalue weighted by Gasteiger charge is 2.28. The number of para-hydroxylation sites is 1. The van der Waals surface area contributed by atoms with Crippen LogP contribution >= 0.6 is 11.3 Å². The molecule has 1 saturated heterocycles. The number of hydrogen-bond donors (Lipinski definition) is 0. The normalized spacial score (nSPS) is 18.5. The molecule has 3 aliphatic rings. The number of benzene rings is 1. The lowest BCUT2D eigenvalue weighted by molar-refractivity contribution is -0.119. The molecule has 7 nitrogen and oxygen atoms in total. The zero-order valence-electron chi connectivity index (χ0n) is 18.7. The van der Waals surface area contributed by atoms with Gasteiger partial charge < -0.3 is 9.64 Å². The molecular formula is C25H28N4O3S. The number of nitrogens with zero attached hydrogens (tertiary/aromatic N) is 4. The van der Waals surface area contributed by atoms with Gasteiger partial charge in [-0.25, -0.2) is 4.98 Å². The van der Waals surface area contributed by atoms with Crippen molar-refractivity contribution in [3.05, 3.63) is 56.4 Å². The molecule has 0 bridgehead atoms. The van der Waals surface area contributed by atoms with Gasteiger partial charge in [0.1, 0.15) is 17.2 Å². The number of rotatable bonds is 4. The van der Waals surface area contributed by atoms with Gasteiger partial charge in [-0.3, -0.25) is 19.1 Å². The third-order valence-electron chi connectivity index (χ3n) is 7.10. The average Bonchev–Trinajstić information content (AvgIpc) is 3.43. The summed E-state index contributed by atoms with van der Waals surface area (Å²) in [6.07, 6.45) is 5.09. The van der Waals surface area contributed by atoms with E-state index in [0.717, 1.165) is 54.7 Å². The molecule has 2 aliphatic heterocycles. The second-order valence-corrected chi connectivity index (χ2v) is 10.2. The van der Waals surface area contributed by atoms with Gasteiger partial charge in [-0.2, -0.15) is 0 Å². The van der Waals surface area contributed by atoms with Gasteiger partial charge in [-0.05, 0) is 49.3 Å². The Hall–Kier alpha value is -2.55. The fraction of sp³-hybridized carbons (Fsp3) is 0.480. The quantitative estimate of drug-likeness (QED) is 0.594. The topological polar surface area (TPSA) is 67.7 Å². The van der Waals surface area contributed by atoms with E-state index in [0.29, 0.717) is 32.1 Å². The zero-order valence-corrected chi connectivity index (χ0v) is 19.5. The van der Waals surface area contributed by atoms with E-state index in [4.69, 9.17) is 9.72 Å². The zero-order chi connectivity index (χ0) is 22.4. The van der Waals surface area contributed by atoms with Crippen molar-refractivity contribution < 1.29 is 9.53 Å². The predicted octanol–water partition coefficient (Wildman–Crippen LogP) is 2.76. The van der Waals surface area contributed by atoms with Crippen molar-refractivity contribution in [3.63, 3.8) is 0 Å². The molecule has 6 rings (SSSR count). The summed E-state index contributed by atoms with van der Waals surface area (Å²) in [7, 11) is 0. The van der Waals surface area contributed by atoms with Crippen LogP contribution in [0.3, 0.4) is 0 Å². The number of ether oxygens (including phenoxy) is 1. The summed E-state index contributed by atoms with van der Waals surface area (Å²) in [5.41, 5.74) is 3.27. The van der Waals surface area contributed by atoms with Crippen molar-refractivity contribution in [2.45, 2.75) is 45.2 Å². The van der Waals surface area contributed by atoms with Gasteiger partial charge >= 0.3 is 0 Å². The largest absolute Gasteiger partial charge is 0.379 e. The number of aryl methyl sites for hydroxylation is 2. The van der Waals surface area contributed by atoms with Gasteiger partial charge in [0.15, 0.2) is 0 Å². The van der Waals surface area contributed by atoms with E-state index in [1.807, 2.05) is 23.1 Å². The van der Waals surface area contributed by atoms with Crippen LogP contribution in [0.2, 0.25) is 0 Å². The molecule has 8 heteroatoms. The summed E-state index contributed by atoms with van der Waals surface area (Å²) < 4.78 is 7.15.